The van der Waals surface area contributed by atoms with Crippen molar-refractivity contribution < 1.29 is 18.0 Å². The van der Waals surface area contributed by atoms with Gasteiger partial charge in [-0.2, -0.15) is 0 Å². The molecular weight excluding hydrogens is 256 g/mol. The van der Waals surface area contributed by atoms with Crippen LogP contribution in [0.4, 0.5) is 0 Å². The second kappa shape index (κ2) is 4.87. The Bertz CT molecular complexity index is 460. The molecule has 102 valence electrons. The molecule has 0 aromatic rings. The molecule has 0 bridgehead atoms. The Hall–Kier alpha value is -1.11. The SMILES string of the molecule is CC1C(=O)NCCN1C(=O)C1CCCCS1(=O)=O. The van der Waals surface area contributed by atoms with Crippen LogP contribution in [0.5, 0.6) is 0 Å². The topological polar surface area (TPSA) is 83.6 Å². The number of nitrogens with zero attached hydrogens (tertiary/aromatic N) is 1. The van der Waals surface area contributed by atoms with Gasteiger partial charge < -0.3 is 10.2 Å². The molecule has 0 spiro atoms. The van der Waals surface area contributed by atoms with Gasteiger partial charge in [-0.3, -0.25) is 9.59 Å². The van der Waals surface area contributed by atoms with Gasteiger partial charge in [-0.1, -0.05) is 6.42 Å². The summed E-state index contributed by atoms with van der Waals surface area (Å²) in [6.45, 7) is 2.40. The Balaban J connectivity index is 2.17. The zero-order chi connectivity index (χ0) is 13.3. The molecule has 7 heteroatoms. The molecule has 2 aliphatic rings. The first-order chi connectivity index (χ1) is 8.43. The second-order valence-electron chi connectivity index (χ2n) is 4.85. The van der Waals surface area contributed by atoms with Gasteiger partial charge in [0, 0.05) is 13.1 Å². The van der Waals surface area contributed by atoms with E-state index in [0.717, 1.165) is 6.42 Å². The minimum atomic E-state index is -3.34. The highest BCUT2D eigenvalue weighted by molar-refractivity contribution is 7.92. The molecule has 1 N–H and O–H groups in total. The van der Waals surface area contributed by atoms with Gasteiger partial charge in [0.1, 0.15) is 11.3 Å². The first-order valence-electron chi connectivity index (χ1n) is 6.23. The molecule has 2 amide bonds. The minimum absolute atomic E-state index is 0.0812. The number of piperazine rings is 1. The number of carbonyl (C=O) groups excluding carboxylic acids is 2. The predicted octanol–water partition coefficient (Wildman–Crippen LogP) is -0.699. The van der Waals surface area contributed by atoms with Crippen LogP contribution in [0, 0.1) is 0 Å². The fourth-order valence-electron chi connectivity index (χ4n) is 2.50. The van der Waals surface area contributed by atoms with E-state index in [1.165, 1.54) is 4.90 Å². The zero-order valence-corrected chi connectivity index (χ0v) is 11.2. The maximum atomic E-state index is 12.3. The van der Waals surface area contributed by atoms with E-state index in [4.69, 9.17) is 0 Å². The summed E-state index contributed by atoms with van der Waals surface area (Å²) in [5, 5.41) is 1.71. The number of carbonyl (C=O) groups is 2. The summed E-state index contributed by atoms with van der Waals surface area (Å²) >= 11 is 0. The van der Waals surface area contributed by atoms with E-state index in [0.29, 0.717) is 25.9 Å². The highest BCUT2D eigenvalue weighted by Gasteiger charge is 2.40. The average Bonchev–Trinajstić information content (AvgIpc) is 2.31. The van der Waals surface area contributed by atoms with Gasteiger partial charge in [-0.25, -0.2) is 8.42 Å². The Labute approximate surface area is 107 Å². The molecule has 18 heavy (non-hydrogen) atoms. The Morgan fingerprint density at radius 1 is 1.39 bits per heavy atom. The van der Waals surface area contributed by atoms with E-state index in [2.05, 4.69) is 5.32 Å². The molecule has 0 radical (unpaired) electrons. The zero-order valence-electron chi connectivity index (χ0n) is 10.4. The van der Waals surface area contributed by atoms with Crippen LogP contribution in [-0.2, 0) is 19.4 Å². The van der Waals surface area contributed by atoms with Gasteiger partial charge in [0.2, 0.25) is 11.8 Å². The van der Waals surface area contributed by atoms with E-state index < -0.39 is 27.0 Å². The summed E-state index contributed by atoms with van der Waals surface area (Å²) in [7, 11) is -3.34. The van der Waals surface area contributed by atoms with Crippen LogP contribution in [0.3, 0.4) is 0 Å². The van der Waals surface area contributed by atoms with Crippen molar-refractivity contribution in [1.29, 1.82) is 0 Å². The highest BCUT2D eigenvalue weighted by atomic mass is 32.2. The van der Waals surface area contributed by atoms with Crippen molar-refractivity contribution in [1.82, 2.24) is 10.2 Å². The van der Waals surface area contributed by atoms with Crippen LogP contribution in [0.1, 0.15) is 26.2 Å². The normalized spacial score (nSPS) is 31.8. The molecule has 2 unspecified atom stereocenters. The highest BCUT2D eigenvalue weighted by Crippen LogP contribution is 2.22. The third-order valence-electron chi connectivity index (χ3n) is 3.64. The molecule has 6 nitrogen and oxygen atoms in total. The van der Waals surface area contributed by atoms with E-state index in [1.807, 2.05) is 0 Å². The number of amides is 2. The lowest BCUT2D eigenvalue weighted by atomic mass is 10.1. The lowest BCUT2D eigenvalue weighted by molar-refractivity contribution is -0.142. The van der Waals surface area contributed by atoms with Crippen LogP contribution in [0.25, 0.3) is 0 Å². The molecular formula is C11H18N2O4S. The average molecular weight is 274 g/mol. The molecule has 2 atom stereocenters. The molecule has 0 saturated carbocycles. The molecule has 0 aromatic heterocycles. The molecule has 2 rings (SSSR count). The molecule has 0 aromatic carbocycles. The van der Waals surface area contributed by atoms with Crippen LogP contribution < -0.4 is 5.32 Å². The van der Waals surface area contributed by atoms with Crippen molar-refractivity contribution in [3.05, 3.63) is 0 Å². The fourth-order valence-corrected chi connectivity index (χ4v) is 4.36. The second-order valence-corrected chi connectivity index (χ2v) is 7.15. The van der Waals surface area contributed by atoms with E-state index in [1.54, 1.807) is 6.92 Å². The largest absolute Gasteiger partial charge is 0.353 e. The van der Waals surface area contributed by atoms with Crippen LogP contribution in [0.15, 0.2) is 0 Å². The van der Waals surface area contributed by atoms with Crippen LogP contribution >= 0.6 is 0 Å². The minimum Gasteiger partial charge on any atom is -0.353 e. The summed E-state index contributed by atoms with van der Waals surface area (Å²) in [4.78, 5) is 25.2. The lowest BCUT2D eigenvalue weighted by Crippen LogP contribution is -2.59. The van der Waals surface area contributed by atoms with Crippen LogP contribution in [-0.4, -0.2) is 55.3 Å². The number of hydrogen-bond donors (Lipinski definition) is 1. The van der Waals surface area contributed by atoms with E-state index in [9.17, 15) is 18.0 Å². The standard InChI is InChI=1S/C11H18N2O4S/c1-8-10(14)12-5-6-13(8)11(15)9-4-2-3-7-18(9,16)17/h8-9H,2-7H2,1H3,(H,12,14). The first kappa shape index (κ1) is 13.3. The first-order valence-corrected chi connectivity index (χ1v) is 7.95. The Morgan fingerprint density at radius 3 is 2.78 bits per heavy atom. The number of sulfone groups is 1. The predicted molar refractivity (Wildman–Crippen MR) is 65.6 cm³/mol. The Kier molecular flexibility index (Phi) is 3.61. The summed E-state index contributed by atoms with van der Waals surface area (Å²) < 4.78 is 23.8. The quantitative estimate of drug-likeness (QED) is 0.685. The monoisotopic (exact) mass is 274 g/mol. The maximum Gasteiger partial charge on any atom is 0.242 e. The van der Waals surface area contributed by atoms with Crippen molar-refractivity contribution in [2.75, 3.05) is 18.8 Å². The third kappa shape index (κ3) is 2.36. The summed E-state index contributed by atoms with van der Waals surface area (Å²) in [5.41, 5.74) is 0. The number of nitrogens with one attached hydrogen (secondary N) is 1. The molecule has 2 aliphatic heterocycles. The number of rotatable bonds is 1. The number of hydrogen-bond acceptors (Lipinski definition) is 4. The molecule has 2 fully saturated rings. The fraction of sp³-hybridized carbons (Fsp3) is 0.818. The van der Waals surface area contributed by atoms with Crippen molar-refractivity contribution in [2.45, 2.75) is 37.5 Å². The molecule has 2 heterocycles. The van der Waals surface area contributed by atoms with Gasteiger partial charge in [-0.05, 0) is 19.8 Å². The van der Waals surface area contributed by atoms with Gasteiger partial charge in [-0.15, -0.1) is 0 Å². The van der Waals surface area contributed by atoms with Gasteiger partial charge >= 0.3 is 0 Å². The van der Waals surface area contributed by atoms with E-state index >= 15 is 0 Å². The molecule has 0 aliphatic carbocycles. The smallest absolute Gasteiger partial charge is 0.242 e. The molecule has 2 saturated heterocycles. The summed E-state index contributed by atoms with van der Waals surface area (Å²) in [5.74, 6) is -0.544. The van der Waals surface area contributed by atoms with E-state index in [-0.39, 0.29) is 11.7 Å². The lowest BCUT2D eigenvalue weighted by Gasteiger charge is -2.35. The van der Waals surface area contributed by atoms with Crippen molar-refractivity contribution in [3.8, 4) is 0 Å². The van der Waals surface area contributed by atoms with Crippen molar-refractivity contribution >= 4 is 21.7 Å². The van der Waals surface area contributed by atoms with Crippen LogP contribution in [0.2, 0.25) is 0 Å². The van der Waals surface area contributed by atoms with Gasteiger partial charge in [0.25, 0.3) is 0 Å². The maximum absolute atomic E-state index is 12.3. The van der Waals surface area contributed by atoms with Crippen molar-refractivity contribution in [3.63, 3.8) is 0 Å². The summed E-state index contributed by atoms with van der Waals surface area (Å²) in [6, 6.07) is -0.580. The Morgan fingerprint density at radius 2 is 2.11 bits per heavy atom. The van der Waals surface area contributed by atoms with Crippen molar-refractivity contribution in [2.24, 2.45) is 0 Å². The van der Waals surface area contributed by atoms with Gasteiger partial charge in [0.15, 0.2) is 9.84 Å². The third-order valence-corrected chi connectivity index (χ3v) is 5.80. The summed E-state index contributed by atoms with van der Waals surface area (Å²) in [6.07, 6.45) is 1.76. The van der Waals surface area contributed by atoms with Gasteiger partial charge in [0.05, 0.1) is 5.75 Å².